The first kappa shape index (κ1) is 21.1. The summed E-state index contributed by atoms with van der Waals surface area (Å²) in [4.78, 5) is 35.3. The molecule has 9 heteroatoms. The van der Waals surface area contributed by atoms with Crippen LogP contribution in [0.1, 0.15) is 33.6 Å². The largest absolute Gasteiger partial charge is 0.366 e. The topological polar surface area (TPSA) is 104 Å². The van der Waals surface area contributed by atoms with E-state index in [1.807, 2.05) is 11.0 Å². The second-order valence-corrected chi connectivity index (χ2v) is 9.41. The number of hydrogen-bond acceptors (Lipinski definition) is 4. The lowest BCUT2D eigenvalue weighted by atomic mass is 10.1. The summed E-state index contributed by atoms with van der Waals surface area (Å²) in [6.07, 6.45) is 2.19. The summed E-state index contributed by atoms with van der Waals surface area (Å²) in [6, 6.07) is 12.0. The molecule has 4 heterocycles. The lowest BCUT2D eigenvalue weighted by Gasteiger charge is -2.33. The molecule has 2 aromatic carbocycles. The van der Waals surface area contributed by atoms with Crippen molar-refractivity contribution in [1.29, 1.82) is 0 Å². The van der Waals surface area contributed by atoms with Gasteiger partial charge in [0.2, 0.25) is 0 Å². The Morgan fingerprint density at radius 3 is 2.56 bits per heavy atom. The number of aromatic amines is 1. The van der Waals surface area contributed by atoms with Crippen molar-refractivity contribution in [2.75, 3.05) is 13.1 Å². The third-order valence-electron chi connectivity index (χ3n) is 6.79. The van der Waals surface area contributed by atoms with Crippen molar-refractivity contribution in [2.45, 2.75) is 24.9 Å². The van der Waals surface area contributed by atoms with Crippen molar-refractivity contribution >= 4 is 45.4 Å². The molecule has 0 spiro atoms. The van der Waals surface area contributed by atoms with Crippen molar-refractivity contribution in [2.24, 2.45) is 5.73 Å². The van der Waals surface area contributed by atoms with Gasteiger partial charge in [0.15, 0.2) is 0 Å². The van der Waals surface area contributed by atoms with Gasteiger partial charge in [-0.2, -0.15) is 0 Å². The number of H-pyrrole nitrogens is 1. The second kappa shape index (κ2) is 7.78. The molecule has 2 aromatic heterocycles. The summed E-state index contributed by atoms with van der Waals surface area (Å²) in [6.45, 7) is 1.41. The Morgan fingerprint density at radius 2 is 1.85 bits per heavy atom. The van der Waals surface area contributed by atoms with Gasteiger partial charge in [-0.25, -0.2) is 9.37 Å². The van der Waals surface area contributed by atoms with Gasteiger partial charge in [0.05, 0.1) is 27.3 Å². The SMILES string of the molecule is NC(=O)c1cc(-c2ccc(F)c(Cl)c2)nc2c1[nH]c1cc(C(=O)N3CC4CCC(C3)N4)ccc12. The number of carbonyl (C=O) groups is 2. The maximum atomic E-state index is 13.7. The molecular weight excluding hydrogens is 457 g/mol. The lowest BCUT2D eigenvalue weighted by Crippen LogP contribution is -2.53. The summed E-state index contributed by atoms with van der Waals surface area (Å²) < 4.78 is 13.7. The Bertz CT molecular complexity index is 1490. The summed E-state index contributed by atoms with van der Waals surface area (Å²) in [7, 11) is 0. The van der Waals surface area contributed by atoms with Crippen molar-refractivity contribution in [1.82, 2.24) is 20.2 Å². The second-order valence-electron chi connectivity index (χ2n) is 9.01. The minimum Gasteiger partial charge on any atom is -0.366 e. The highest BCUT2D eigenvalue weighted by Crippen LogP contribution is 2.32. The number of hydrogen-bond donors (Lipinski definition) is 3. The normalized spacial score (nSPS) is 19.8. The maximum Gasteiger partial charge on any atom is 0.254 e. The summed E-state index contributed by atoms with van der Waals surface area (Å²) in [5.74, 6) is -1.17. The number of primary amides is 1. The molecule has 4 aromatic rings. The molecule has 2 fully saturated rings. The molecule has 0 saturated carbocycles. The predicted octanol–water partition coefficient (Wildman–Crippen LogP) is 3.85. The van der Waals surface area contributed by atoms with Crippen molar-refractivity contribution in [3.63, 3.8) is 0 Å². The Kier molecular flexibility index (Phi) is 4.82. The first-order valence-electron chi connectivity index (χ1n) is 11.1. The summed E-state index contributed by atoms with van der Waals surface area (Å²) >= 11 is 5.95. The van der Waals surface area contributed by atoms with Gasteiger partial charge in [-0.1, -0.05) is 11.6 Å². The van der Waals surface area contributed by atoms with Gasteiger partial charge in [-0.3, -0.25) is 9.59 Å². The van der Waals surface area contributed by atoms with Crippen LogP contribution in [0.15, 0.2) is 42.5 Å². The highest BCUT2D eigenvalue weighted by molar-refractivity contribution is 6.31. The molecular formula is C25H21ClFN5O2. The van der Waals surface area contributed by atoms with Gasteiger partial charge in [0, 0.05) is 47.2 Å². The van der Waals surface area contributed by atoms with Crippen LogP contribution in [0, 0.1) is 5.82 Å². The van der Waals surface area contributed by atoms with Gasteiger partial charge in [0.1, 0.15) is 5.82 Å². The average molecular weight is 478 g/mol. The van der Waals surface area contributed by atoms with Crippen LogP contribution in [0.25, 0.3) is 33.2 Å². The number of likely N-dealkylation sites (tertiary alicyclic amines) is 1. The van der Waals surface area contributed by atoms with Crippen LogP contribution in [0.5, 0.6) is 0 Å². The number of fused-ring (bicyclic) bond motifs is 5. The number of nitrogens with zero attached hydrogens (tertiary/aromatic N) is 2. The van der Waals surface area contributed by atoms with E-state index >= 15 is 0 Å². The molecule has 2 aliphatic rings. The van der Waals surface area contributed by atoms with Crippen molar-refractivity contribution < 1.29 is 14.0 Å². The molecule has 2 aliphatic heterocycles. The smallest absolute Gasteiger partial charge is 0.254 e. The minimum absolute atomic E-state index is 0.0105. The zero-order valence-electron chi connectivity index (χ0n) is 18.1. The highest BCUT2D eigenvalue weighted by atomic mass is 35.5. The molecule has 0 radical (unpaired) electrons. The van der Waals surface area contributed by atoms with E-state index in [2.05, 4.69) is 10.3 Å². The van der Waals surface area contributed by atoms with Crippen LogP contribution >= 0.6 is 11.6 Å². The Hall–Kier alpha value is -3.49. The molecule has 4 N–H and O–H groups in total. The monoisotopic (exact) mass is 477 g/mol. The number of carbonyl (C=O) groups excluding carboxylic acids is 2. The number of rotatable bonds is 3. The standard InChI is InChI=1S/C25H21ClFN5O2/c26-18-7-12(2-6-19(18)27)20-9-17(24(28)33)23-22(30-20)16-5-1-13(8-21(16)31-23)25(34)32-10-14-3-4-15(11-32)29-14/h1-2,5-9,14-15,29,31H,3-4,10-11H2,(H2,28,33). The lowest BCUT2D eigenvalue weighted by molar-refractivity contribution is 0.0697. The van der Waals surface area contributed by atoms with Gasteiger partial charge in [-0.05, 0) is 55.3 Å². The molecule has 34 heavy (non-hydrogen) atoms. The van der Waals surface area contributed by atoms with E-state index in [1.165, 1.54) is 12.1 Å². The van der Waals surface area contributed by atoms with E-state index in [0.717, 1.165) is 18.2 Å². The van der Waals surface area contributed by atoms with Gasteiger partial charge in [0.25, 0.3) is 11.8 Å². The maximum absolute atomic E-state index is 13.7. The zero-order chi connectivity index (χ0) is 23.6. The number of aromatic nitrogens is 2. The number of pyridine rings is 1. The minimum atomic E-state index is -0.624. The fourth-order valence-corrected chi connectivity index (χ4v) is 5.31. The van der Waals surface area contributed by atoms with Crippen LogP contribution in [0.3, 0.4) is 0 Å². The van der Waals surface area contributed by atoms with Gasteiger partial charge >= 0.3 is 0 Å². The third-order valence-corrected chi connectivity index (χ3v) is 7.07. The molecule has 7 nitrogen and oxygen atoms in total. The molecule has 0 aliphatic carbocycles. The fourth-order valence-electron chi connectivity index (χ4n) is 5.13. The van der Waals surface area contributed by atoms with E-state index in [-0.39, 0.29) is 16.5 Å². The zero-order valence-corrected chi connectivity index (χ0v) is 18.8. The van der Waals surface area contributed by atoms with Crippen LogP contribution in [0.4, 0.5) is 4.39 Å². The van der Waals surface area contributed by atoms with Gasteiger partial charge < -0.3 is 20.9 Å². The Labute approximate surface area is 199 Å². The summed E-state index contributed by atoms with van der Waals surface area (Å²) in [5.41, 5.74) is 9.22. The molecule has 2 unspecified atom stereocenters. The van der Waals surface area contributed by atoms with Crippen molar-refractivity contribution in [3.8, 4) is 11.3 Å². The fraction of sp³-hybridized carbons (Fsp3) is 0.240. The van der Waals surface area contributed by atoms with Crippen LogP contribution < -0.4 is 11.1 Å². The van der Waals surface area contributed by atoms with Gasteiger partial charge in [-0.15, -0.1) is 0 Å². The van der Waals surface area contributed by atoms with Crippen LogP contribution in [-0.2, 0) is 0 Å². The predicted molar refractivity (Wildman–Crippen MR) is 128 cm³/mol. The van der Waals surface area contributed by atoms with E-state index in [0.29, 0.717) is 58.5 Å². The van der Waals surface area contributed by atoms with E-state index < -0.39 is 11.7 Å². The van der Waals surface area contributed by atoms with Crippen molar-refractivity contribution in [3.05, 3.63) is 64.4 Å². The number of halogens is 2. The first-order valence-corrected chi connectivity index (χ1v) is 11.5. The Balaban J connectivity index is 1.45. The number of piperazine rings is 1. The molecule has 172 valence electrons. The van der Waals surface area contributed by atoms with E-state index in [1.54, 1.807) is 24.3 Å². The molecule has 2 amide bonds. The first-order chi connectivity index (χ1) is 16.4. The number of nitrogens with two attached hydrogens (primary N) is 1. The molecule has 6 rings (SSSR count). The number of benzene rings is 2. The highest BCUT2D eigenvalue weighted by Gasteiger charge is 2.34. The third kappa shape index (κ3) is 3.41. The number of amides is 2. The van der Waals surface area contributed by atoms with E-state index in [9.17, 15) is 14.0 Å². The van der Waals surface area contributed by atoms with Crippen LogP contribution in [0.2, 0.25) is 5.02 Å². The quantitative estimate of drug-likeness (QED) is 0.417. The molecule has 2 bridgehead atoms. The molecule has 2 atom stereocenters. The van der Waals surface area contributed by atoms with E-state index in [4.69, 9.17) is 22.3 Å². The van der Waals surface area contributed by atoms with Crippen LogP contribution in [-0.4, -0.2) is 51.9 Å². The molecule has 2 saturated heterocycles. The average Bonchev–Trinajstić information content (AvgIpc) is 3.37. The Morgan fingerprint density at radius 1 is 1.09 bits per heavy atom. The number of nitrogens with one attached hydrogen (secondary N) is 2. The summed E-state index contributed by atoms with van der Waals surface area (Å²) in [5, 5.41) is 4.25.